The van der Waals surface area contributed by atoms with Crippen molar-refractivity contribution in [2.24, 2.45) is 0 Å². The molecule has 2 aromatic rings. The van der Waals surface area contributed by atoms with Gasteiger partial charge in [0, 0.05) is 58.1 Å². The third kappa shape index (κ3) is 4.21. The minimum absolute atomic E-state index is 0.0959. The molecule has 0 amide bonds. The first-order valence-electron chi connectivity index (χ1n) is 9.31. The van der Waals surface area contributed by atoms with Crippen LogP contribution in [0.1, 0.15) is 25.1 Å². The van der Waals surface area contributed by atoms with Crippen molar-refractivity contribution in [2.45, 2.75) is 27.3 Å². The van der Waals surface area contributed by atoms with Crippen molar-refractivity contribution in [3.63, 3.8) is 0 Å². The third-order valence-electron chi connectivity index (χ3n) is 4.94. The van der Waals surface area contributed by atoms with E-state index in [0.717, 1.165) is 5.56 Å². The molecule has 148 valence electrons. The van der Waals surface area contributed by atoms with Gasteiger partial charge in [-0.25, -0.2) is 4.98 Å². The average molecular weight is 394 g/mol. The third-order valence-corrected chi connectivity index (χ3v) is 7.12. The van der Waals surface area contributed by atoms with Crippen LogP contribution in [0.3, 0.4) is 0 Å². The summed E-state index contributed by atoms with van der Waals surface area (Å²) < 4.78 is 29.8. The van der Waals surface area contributed by atoms with Crippen LogP contribution in [-0.4, -0.2) is 70.6 Å². The van der Waals surface area contributed by atoms with Crippen LogP contribution in [0.4, 0.5) is 0 Å². The quantitative estimate of drug-likeness (QED) is 0.722. The van der Waals surface area contributed by atoms with Crippen LogP contribution in [0.5, 0.6) is 0 Å². The Kier molecular flexibility index (Phi) is 5.95. The van der Waals surface area contributed by atoms with Gasteiger partial charge in [-0.05, 0) is 18.6 Å². The molecule has 0 aliphatic carbocycles. The van der Waals surface area contributed by atoms with E-state index >= 15 is 0 Å². The van der Waals surface area contributed by atoms with E-state index in [1.807, 2.05) is 32.9 Å². The molecule has 1 fully saturated rings. The molecule has 0 radical (unpaired) electrons. The summed E-state index contributed by atoms with van der Waals surface area (Å²) in [6.45, 7) is 9.27. The molecule has 3 rings (SSSR count). The molecule has 0 N–H and O–H groups in total. The molecule has 2 aromatic heterocycles. The molecular weight excluding hydrogens is 366 g/mol. The number of pyridine rings is 1. The summed E-state index contributed by atoms with van der Waals surface area (Å²) in [6, 6.07) is 5.34. The van der Waals surface area contributed by atoms with Gasteiger partial charge in [-0.15, -0.1) is 0 Å². The first-order valence-corrected chi connectivity index (χ1v) is 10.7. The Morgan fingerprint density at radius 2 is 1.78 bits per heavy atom. The maximum absolute atomic E-state index is 12.6. The zero-order valence-corrected chi connectivity index (χ0v) is 16.9. The molecule has 0 atom stereocenters. The van der Waals surface area contributed by atoms with Gasteiger partial charge in [0.15, 0.2) is 0 Å². The van der Waals surface area contributed by atoms with Crippen LogP contribution in [0.2, 0.25) is 0 Å². The average Bonchev–Trinajstić information content (AvgIpc) is 2.64. The van der Waals surface area contributed by atoms with E-state index < -0.39 is 10.2 Å². The standard InChI is InChI=1S/C18H27N5O3S/c1-4-21(5-2)27(25,26)22-10-8-20(9-11-22)14-16-12-18(24)23-13-15(3)6-7-17(23)19-16/h6-7,12-13H,4-5,8-11,14H2,1-3H3. The number of rotatable bonds is 6. The fourth-order valence-corrected chi connectivity index (χ4v) is 5.00. The second kappa shape index (κ2) is 8.05. The lowest BCUT2D eigenvalue weighted by Crippen LogP contribution is -2.52. The number of aromatic nitrogens is 2. The van der Waals surface area contributed by atoms with E-state index in [-0.39, 0.29) is 5.56 Å². The van der Waals surface area contributed by atoms with E-state index in [2.05, 4.69) is 9.88 Å². The molecule has 8 nitrogen and oxygen atoms in total. The topological polar surface area (TPSA) is 78.2 Å². The molecule has 0 spiro atoms. The normalized spacial score (nSPS) is 17.0. The van der Waals surface area contributed by atoms with Gasteiger partial charge in [-0.1, -0.05) is 19.9 Å². The van der Waals surface area contributed by atoms with Gasteiger partial charge in [-0.3, -0.25) is 14.1 Å². The highest BCUT2D eigenvalue weighted by atomic mass is 32.2. The Hall–Kier alpha value is -1.81. The minimum atomic E-state index is -3.39. The van der Waals surface area contributed by atoms with Crippen molar-refractivity contribution >= 4 is 15.9 Å². The van der Waals surface area contributed by atoms with Crippen molar-refractivity contribution in [1.82, 2.24) is 22.9 Å². The van der Waals surface area contributed by atoms with Crippen LogP contribution < -0.4 is 5.56 Å². The Balaban J connectivity index is 1.68. The highest BCUT2D eigenvalue weighted by Gasteiger charge is 2.30. The zero-order valence-electron chi connectivity index (χ0n) is 16.1. The summed E-state index contributed by atoms with van der Waals surface area (Å²) in [5.41, 5.74) is 2.25. The lowest BCUT2D eigenvalue weighted by molar-refractivity contribution is 0.174. The van der Waals surface area contributed by atoms with Gasteiger partial charge in [0.25, 0.3) is 15.8 Å². The maximum atomic E-state index is 12.6. The summed E-state index contributed by atoms with van der Waals surface area (Å²) >= 11 is 0. The lowest BCUT2D eigenvalue weighted by atomic mass is 10.3. The van der Waals surface area contributed by atoms with Crippen molar-refractivity contribution in [2.75, 3.05) is 39.3 Å². The number of hydrogen-bond donors (Lipinski definition) is 0. The van der Waals surface area contributed by atoms with E-state index in [4.69, 9.17) is 0 Å². The fraction of sp³-hybridized carbons (Fsp3) is 0.556. The summed E-state index contributed by atoms with van der Waals surface area (Å²) in [5, 5.41) is 0. The number of hydrogen-bond acceptors (Lipinski definition) is 5. The molecule has 0 unspecified atom stereocenters. The van der Waals surface area contributed by atoms with E-state index in [1.165, 1.54) is 4.31 Å². The van der Waals surface area contributed by atoms with E-state index in [9.17, 15) is 13.2 Å². The van der Waals surface area contributed by atoms with E-state index in [0.29, 0.717) is 57.2 Å². The van der Waals surface area contributed by atoms with Gasteiger partial charge in [0.05, 0.1) is 5.69 Å². The van der Waals surface area contributed by atoms with E-state index in [1.54, 1.807) is 21.0 Å². The zero-order chi connectivity index (χ0) is 19.6. The summed E-state index contributed by atoms with van der Waals surface area (Å²) in [6.07, 6.45) is 1.78. The summed E-state index contributed by atoms with van der Waals surface area (Å²) in [4.78, 5) is 19.0. The fourth-order valence-electron chi connectivity index (χ4n) is 3.40. The van der Waals surface area contributed by atoms with Crippen LogP contribution >= 0.6 is 0 Å². The minimum Gasteiger partial charge on any atom is -0.295 e. The lowest BCUT2D eigenvalue weighted by Gasteiger charge is -2.36. The van der Waals surface area contributed by atoms with Gasteiger partial charge in [-0.2, -0.15) is 17.0 Å². The molecule has 1 aliphatic heterocycles. The van der Waals surface area contributed by atoms with Crippen LogP contribution in [-0.2, 0) is 16.8 Å². The molecule has 27 heavy (non-hydrogen) atoms. The number of nitrogens with zero attached hydrogens (tertiary/aromatic N) is 5. The van der Waals surface area contributed by atoms with Crippen LogP contribution in [0.15, 0.2) is 29.2 Å². The van der Waals surface area contributed by atoms with Crippen molar-refractivity contribution in [3.05, 3.63) is 46.0 Å². The molecule has 1 aliphatic rings. The first kappa shape index (κ1) is 19.9. The smallest absolute Gasteiger partial charge is 0.282 e. The molecule has 0 bridgehead atoms. The van der Waals surface area contributed by atoms with Gasteiger partial charge in [0.2, 0.25) is 0 Å². The molecule has 9 heteroatoms. The Morgan fingerprint density at radius 1 is 1.11 bits per heavy atom. The van der Waals surface area contributed by atoms with Gasteiger partial charge >= 0.3 is 0 Å². The van der Waals surface area contributed by atoms with Crippen molar-refractivity contribution in [1.29, 1.82) is 0 Å². The van der Waals surface area contributed by atoms with Crippen LogP contribution in [0, 0.1) is 6.92 Å². The summed E-state index contributed by atoms with van der Waals surface area (Å²) in [7, 11) is -3.39. The largest absolute Gasteiger partial charge is 0.295 e. The molecule has 0 aromatic carbocycles. The van der Waals surface area contributed by atoms with Crippen molar-refractivity contribution in [3.8, 4) is 0 Å². The number of piperazine rings is 1. The molecule has 3 heterocycles. The predicted octanol–water partition coefficient (Wildman–Crippen LogP) is 0.707. The monoisotopic (exact) mass is 393 g/mol. The number of fused-ring (bicyclic) bond motifs is 1. The first-order chi connectivity index (χ1) is 12.8. The molecular formula is C18H27N5O3S. The van der Waals surface area contributed by atoms with Crippen LogP contribution in [0.25, 0.3) is 5.65 Å². The summed E-state index contributed by atoms with van der Waals surface area (Å²) in [5.74, 6) is 0. The SMILES string of the molecule is CCN(CC)S(=O)(=O)N1CCN(Cc2cc(=O)n3cc(C)ccc3n2)CC1. The second-order valence-electron chi connectivity index (χ2n) is 6.79. The highest BCUT2D eigenvalue weighted by molar-refractivity contribution is 7.86. The van der Waals surface area contributed by atoms with Crippen molar-refractivity contribution < 1.29 is 8.42 Å². The second-order valence-corrected chi connectivity index (χ2v) is 8.72. The number of aryl methyl sites for hydroxylation is 1. The van der Waals surface area contributed by atoms with Gasteiger partial charge in [0.1, 0.15) is 5.65 Å². The Bertz CT molecular complexity index is 961. The maximum Gasteiger partial charge on any atom is 0.282 e. The Morgan fingerprint density at radius 3 is 2.41 bits per heavy atom. The predicted molar refractivity (Wildman–Crippen MR) is 105 cm³/mol. The Labute approximate surface area is 160 Å². The van der Waals surface area contributed by atoms with Gasteiger partial charge < -0.3 is 0 Å². The molecule has 0 saturated carbocycles. The molecule has 1 saturated heterocycles. The highest BCUT2D eigenvalue weighted by Crippen LogP contribution is 2.13.